The number of rotatable bonds is 6. The summed E-state index contributed by atoms with van der Waals surface area (Å²) in [6, 6.07) is 14.9. The molecule has 1 heterocycles. The van der Waals surface area contributed by atoms with Crippen molar-refractivity contribution in [2.75, 3.05) is 0 Å². The predicted octanol–water partition coefficient (Wildman–Crippen LogP) is 5.04. The van der Waals surface area contributed by atoms with Crippen LogP contribution in [0.2, 0.25) is 5.02 Å². The van der Waals surface area contributed by atoms with E-state index in [1.807, 2.05) is 42.5 Å². The standard InChI is InChI=1S/C20H18BrClN2O3/c21-14-10-8-13(9-11-14)17-12-18(15-4-1-2-5-16(15)22)24(23-17)19(25)6-3-7-20(26)27/h1-2,4-5,8-11,18H,3,6-7,12H2,(H,26,27). The van der Waals surface area contributed by atoms with E-state index < -0.39 is 5.97 Å². The fourth-order valence-corrected chi connectivity index (χ4v) is 3.58. The van der Waals surface area contributed by atoms with Crippen LogP contribution in [0.25, 0.3) is 0 Å². The van der Waals surface area contributed by atoms with Gasteiger partial charge in [0.25, 0.3) is 0 Å². The Kier molecular flexibility index (Phi) is 6.29. The lowest BCUT2D eigenvalue weighted by Gasteiger charge is -2.22. The van der Waals surface area contributed by atoms with E-state index in [9.17, 15) is 9.59 Å². The average Bonchev–Trinajstić information content (AvgIpc) is 3.07. The third kappa shape index (κ3) is 4.76. The second kappa shape index (κ2) is 8.67. The summed E-state index contributed by atoms with van der Waals surface area (Å²) in [6.07, 6.45) is 0.920. The van der Waals surface area contributed by atoms with Crippen molar-refractivity contribution in [1.29, 1.82) is 0 Å². The smallest absolute Gasteiger partial charge is 0.303 e. The zero-order chi connectivity index (χ0) is 19.4. The van der Waals surface area contributed by atoms with Gasteiger partial charge in [0, 0.05) is 28.8 Å². The van der Waals surface area contributed by atoms with E-state index in [4.69, 9.17) is 16.7 Å². The van der Waals surface area contributed by atoms with Gasteiger partial charge in [-0.25, -0.2) is 5.01 Å². The van der Waals surface area contributed by atoms with Crippen LogP contribution in [-0.2, 0) is 9.59 Å². The normalized spacial score (nSPS) is 16.3. The van der Waals surface area contributed by atoms with E-state index in [1.165, 1.54) is 5.01 Å². The first-order chi connectivity index (χ1) is 13.0. The van der Waals surface area contributed by atoms with E-state index in [-0.39, 0.29) is 31.2 Å². The summed E-state index contributed by atoms with van der Waals surface area (Å²) in [4.78, 5) is 23.5. The molecule has 0 fully saturated rings. The number of carboxylic acids is 1. The van der Waals surface area contributed by atoms with Crippen LogP contribution >= 0.6 is 27.5 Å². The molecule has 27 heavy (non-hydrogen) atoms. The number of hydrogen-bond acceptors (Lipinski definition) is 3. The number of hydrazone groups is 1. The summed E-state index contributed by atoms with van der Waals surface area (Å²) in [5.74, 6) is -1.11. The summed E-state index contributed by atoms with van der Waals surface area (Å²) >= 11 is 9.78. The lowest BCUT2D eigenvalue weighted by atomic mass is 9.98. The van der Waals surface area contributed by atoms with Crippen molar-refractivity contribution in [2.24, 2.45) is 5.10 Å². The molecular weight excluding hydrogens is 432 g/mol. The summed E-state index contributed by atoms with van der Waals surface area (Å²) in [7, 11) is 0. The van der Waals surface area contributed by atoms with Gasteiger partial charge in [0.15, 0.2) is 0 Å². The second-order valence-electron chi connectivity index (χ2n) is 6.28. The van der Waals surface area contributed by atoms with Crippen molar-refractivity contribution in [1.82, 2.24) is 5.01 Å². The van der Waals surface area contributed by atoms with Gasteiger partial charge < -0.3 is 5.11 Å². The molecule has 0 bridgehead atoms. The summed E-state index contributed by atoms with van der Waals surface area (Å²) in [6.45, 7) is 0. The van der Waals surface area contributed by atoms with Crippen molar-refractivity contribution < 1.29 is 14.7 Å². The van der Waals surface area contributed by atoms with E-state index in [0.717, 1.165) is 21.3 Å². The van der Waals surface area contributed by atoms with Gasteiger partial charge in [-0.3, -0.25) is 9.59 Å². The van der Waals surface area contributed by atoms with Crippen LogP contribution in [0, 0.1) is 0 Å². The SMILES string of the molecule is O=C(O)CCCC(=O)N1N=C(c2ccc(Br)cc2)CC1c1ccccc1Cl. The highest BCUT2D eigenvalue weighted by atomic mass is 79.9. The minimum atomic E-state index is -0.911. The number of carbonyl (C=O) groups excluding carboxylic acids is 1. The number of benzene rings is 2. The topological polar surface area (TPSA) is 70.0 Å². The molecule has 2 aromatic carbocycles. The van der Waals surface area contributed by atoms with Crippen LogP contribution in [0.5, 0.6) is 0 Å². The van der Waals surface area contributed by atoms with Crippen LogP contribution in [0.15, 0.2) is 58.1 Å². The third-order valence-corrected chi connectivity index (χ3v) is 5.26. The number of nitrogens with zero attached hydrogens (tertiary/aromatic N) is 2. The number of amides is 1. The van der Waals surface area contributed by atoms with Gasteiger partial charge in [-0.15, -0.1) is 0 Å². The fraction of sp³-hybridized carbons (Fsp3) is 0.250. The molecule has 1 aliphatic rings. The number of carboxylic acid groups (broad SMARTS) is 1. The highest BCUT2D eigenvalue weighted by Crippen LogP contribution is 2.36. The van der Waals surface area contributed by atoms with Crippen LogP contribution in [0.1, 0.15) is 42.9 Å². The fourth-order valence-electron chi connectivity index (χ4n) is 3.05. The Morgan fingerprint density at radius 1 is 1.15 bits per heavy atom. The molecule has 1 amide bonds. The monoisotopic (exact) mass is 448 g/mol. The van der Waals surface area contributed by atoms with Crippen LogP contribution in [0.4, 0.5) is 0 Å². The quantitative estimate of drug-likeness (QED) is 0.672. The molecule has 0 aromatic heterocycles. The molecule has 140 valence electrons. The minimum absolute atomic E-state index is 0.0420. The molecule has 1 aliphatic heterocycles. The molecule has 3 rings (SSSR count). The molecule has 0 radical (unpaired) electrons. The zero-order valence-corrected chi connectivity index (χ0v) is 16.8. The van der Waals surface area contributed by atoms with Crippen molar-refractivity contribution in [2.45, 2.75) is 31.7 Å². The molecular formula is C20H18BrClN2O3. The number of halogens is 2. The van der Waals surface area contributed by atoms with Crippen molar-refractivity contribution in [3.63, 3.8) is 0 Å². The van der Waals surface area contributed by atoms with Gasteiger partial charge in [0.2, 0.25) is 5.91 Å². The molecule has 0 saturated heterocycles. The lowest BCUT2D eigenvalue weighted by Crippen LogP contribution is -2.27. The molecule has 1 unspecified atom stereocenters. The Hall–Kier alpha value is -2.18. The Labute approximate surface area is 170 Å². The predicted molar refractivity (Wildman–Crippen MR) is 108 cm³/mol. The van der Waals surface area contributed by atoms with Crippen molar-refractivity contribution in [3.8, 4) is 0 Å². The van der Waals surface area contributed by atoms with Gasteiger partial charge >= 0.3 is 5.97 Å². The maximum Gasteiger partial charge on any atom is 0.303 e. The Morgan fingerprint density at radius 3 is 2.52 bits per heavy atom. The first-order valence-electron chi connectivity index (χ1n) is 8.57. The molecule has 0 saturated carbocycles. The van der Waals surface area contributed by atoms with E-state index in [1.54, 1.807) is 6.07 Å². The van der Waals surface area contributed by atoms with Crippen LogP contribution in [-0.4, -0.2) is 27.7 Å². The average molecular weight is 450 g/mol. The van der Waals surface area contributed by atoms with E-state index >= 15 is 0 Å². The van der Waals surface area contributed by atoms with Crippen molar-refractivity contribution in [3.05, 3.63) is 69.2 Å². The Bertz CT molecular complexity index is 883. The third-order valence-electron chi connectivity index (χ3n) is 4.39. The lowest BCUT2D eigenvalue weighted by molar-refractivity contribution is -0.137. The van der Waals surface area contributed by atoms with Gasteiger partial charge in [-0.1, -0.05) is 57.9 Å². The number of aliphatic carboxylic acids is 1. The summed E-state index contributed by atoms with van der Waals surface area (Å²) in [5.41, 5.74) is 2.58. The van der Waals surface area contributed by atoms with E-state index in [2.05, 4.69) is 21.0 Å². The highest BCUT2D eigenvalue weighted by molar-refractivity contribution is 9.10. The van der Waals surface area contributed by atoms with Gasteiger partial charge in [0.1, 0.15) is 0 Å². The minimum Gasteiger partial charge on any atom is -0.481 e. The molecule has 0 spiro atoms. The van der Waals surface area contributed by atoms with Crippen molar-refractivity contribution >= 4 is 45.1 Å². The molecule has 0 aliphatic carbocycles. The number of hydrogen-bond donors (Lipinski definition) is 1. The Balaban J connectivity index is 1.87. The molecule has 2 aromatic rings. The summed E-state index contributed by atoms with van der Waals surface area (Å²) in [5, 5.41) is 15.4. The van der Waals surface area contributed by atoms with Crippen LogP contribution < -0.4 is 0 Å². The largest absolute Gasteiger partial charge is 0.481 e. The first-order valence-corrected chi connectivity index (χ1v) is 9.74. The first kappa shape index (κ1) is 19.6. The highest BCUT2D eigenvalue weighted by Gasteiger charge is 2.33. The van der Waals surface area contributed by atoms with Gasteiger partial charge in [-0.05, 0) is 35.7 Å². The maximum atomic E-state index is 12.7. The maximum absolute atomic E-state index is 12.7. The molecule has 5 nitrogen and oxygen atoms in total. The van der Waals surface area contributed by atoms with Crippen LogP contribution in [0.3, 0.4) is 0 Å². The summed E-state index contributed by atoms with van der Waals surface area (Å²) < 4.78 is 0.967. The Morgan fingerprint density at radius 2 is 1.85 bits per heavy atom. The molecule has 1 N–H and O–H groups in total. The number of carbonyl (C=O) groups is 2. The second-order valence-corrected chi connectivity index (χ2v) is 7.60. The van der Waals surface area contributed by atoms with E-state index in [0.29, 0.717) is 11.4 Å². The molecule has 7 heteroatoms. The van der Waals surface area contributed by atoms with Gasteiger partial charge in [-0.2, -0.15) is 5.10 Å². The van der Waals surface area contributed by atoms with Gasteiger partial charge in [0.05, 0.1) is 11.8 Å². The molecule has 1 atom stereocenters. The zero-order valence-electron chi connectivity index (χ0n) is 14.4.